The molecule has 26 heavy (non-hydrogen) atoms. The molecule has 0 aliphatic heterocycles. The topological polar surface area (TPSA) is 85.8 Å². The minimum atomic E-state index is -0.719. The van der Waals surface area contributed by atoms with Crippen molar-refractivity contribution in [1.29, 1.82) is 5.26 Å². The Labute approximate surface area is 149 Å². The molecule has 1 aromatic carbocycles. The normalized spacial score (nSPS) is 11.7. The third kappa shape index (κ3) is 4.14. The number of rotatable bonds is 5. The van der Waals surface area contributed by atoms with Gasteiger partial charge in [-0.2, -0.15) is 5.26 Å². The first kappa shape index (κ1) is 19.3. The third-order valence-electron chi connectivity index (χ3n) is 4.33. The van der Waals surface area contributed by atoms with E-state index >= 15 is 0 Å². The minimum absolute atomic E-state index is 0.0350. The summed E-state index contributed by atoms with van der Waals surface area (Å²) in [6.07, 6.45) is 0.430. The maximum absolute atomic E-state index is 13.8. The first-order valence-electron chi connectivity index (χ1n) is 8.11. The number of carbonyl (C=O) groups is 1. The summed E-state index contributed by atoms with van der Waals surface area (Å²) in [7, 11) is 0. The average Bonchev–Trinajstić information content (AvgIpc) is 2.54. The molecule has 0 aliphatic rings. The molecule has 1 aromatic heterocycles. The van der Waals surface area contributed by atoms with Crippen molar-refractivity contribution in [2.75, 3.05) is 0 Å². The molecular formula is C19H19F2N3O2. The van der Waals surface area contributed by atoms with E-state index in [0.717, 1.165) is 17.7 Å². The molecule has 2 rings (SSSR count). The number of nitriles is 1. The van der Waals surface area contributed by atoms with Crippen LogP contribution in [0.15, 0.2) is 23.0 Å². The number of aryl methyl sites for hydroxylation is 1. The van der Waals surface area contributed by atoms with Crippen molar-refractivity contribution in [3.63, 3.8) is 0 Å². The van der Waals surface area contributed by atoms with Gasteiger partial charge in [0.25, 0.3) is 5.56 Å². The van der Waals surface area contributed by atoms with Crippen LogP contribution in [0.3, 0.4) is 0 Å². The number of nitrogens with zero attached hydrogens (tertiary/aromatic N) is 1. The van der Waals surface area contributed by atoms with E-state index in [9.17, 15) is 18.4 Å². The Morgan fingerprint density at radius 2 is 2.04 bits per heavy atom. The van der Waals surface area contributed by atoms with E-state index in [1.807, 2.05) is 6.07 Å². The molecular weight excluding hydrogens is 340 g/mol. The van der Waals surface area contributed by atoms with Crippen LogP contribution in [0.25, 0.3) is 0 Å². The second-order valence-electron chi connectivity index (χ2n) is 6.12. The van der Waals surface area contributed by atoms with E-state index < -0.39 is 23.2 Å². The van der Waals surface area contributed by atoms with Crippen LogP contribution in [0, 0.1) is 36.8 Å². The van der Waals surface area contributed by atoms with Crippen LogP contribution in [0.5, 0.6) is 0 Å². The maximum atomic E-state index is 13.8. The van der Waals surface area contributed by atoms with Gasteiger partial charge in [0.15, 0.2) is 0 Å². The van der Waals surface area contributed by atoms with Crippen LogP contribution in [0.2, 0.25) is 0 Å². The summed E-state index contributed by atoms with van der Waals surface area (Å²) in [6.45, 7) is 4.99. The number of nitrogens with one attached hydrogen (secondary N) is 2. The molecule has 7 heteroatoms. The van der Waals surface area contributed by atoms with Gasteiger partial charge in [0.2, 0.25) is 5.91 Å². The van der Waals surface area contributed by atoms with Crippen LogP contribution < -0.4 is 10.9 Å². The van der Waals surface area contributed by atoms with E-state index in [1.54, 1.807) is 20.8 Å². The summed E-state index contributed by atoms with van der Waals surface area (Å²) in [5.74, 6) is -1.71. The first-order chi connectivity index (χ1) is 12.2. The number of hydrogen-bond donors (Lipinski definition) is 2. The number of carbonyl (C=O) groups excluding carboxylic acids is 1. The summed E-state index contributed by atoms with van der Waals surface area (Å²) >= 11 is 0. The van der Waals surface area contributed by atoms with E-state index in [2.05, 4.69) is 10.3 Å². The lowest BCUT2D eigenvalue weighted by molar-refractivity contribution is -0.121. The summed E-state index contributed by atoms with van der Waals surface area (Å²) in [4.78, 5) is 26.5. The molecule has 1 atom stereocenters. The zero-order valence-electron chi connectivity index (χ0n) is 14.7. The Hall–Kier alpha value is -3.01. The predicted molar refractivity (Wildman–Crippen MR) is 92.5 cm³/mol. The zero-order valence-corrected chi connectivity index (χ0v) is 14.7. The molecule has 0 radical (unpaired) electrons. The van der Waals surface area contributed by atoms with Gasteiger partial charge >= 0.3 is 0 Å². The molecule has 0 bridgehead atoms. The van der Waals surface area contributed by atoms with E-state index in [0.29, 0.717) is 17.7 Å². The van der Waals surface area contributed by atoms with Crippen LogP contribution in [-0.4, -0.2) is 10.9 Å². The largest absolute Gasteiger partial charge is 0.349 e. The highest BCUT2D eigenvalue weighted by molar-refractivity contribution is 5.76. The van der Waals surface area contributed by atoms with E-state index in [-0.39, 0.29) is 23.5 Å². The average molecular weight is 359 g/mol. The van der Waals surface area contributed by atoms with Gasteiger partial charge < -0.3 is 10.3 Å². The first-order valence-corrected chi connectivity index (χ1v) is 8.11. The van der Waals surface area contributed by atoms with Gasteiger partial charge in [-0.1, -0.05) is 6.07 Å². The fourth-order valence-electron chi connectivity index (χ4n) is 2.90. The molecule has 5 nitrogen and oxygen atoms in total. The van der Waals surface area contributed by atoms with Crippen LogP contribution in [-0.2, 0) is 11.2 Å². The third-order valence-corrected chi connectivity index (χ3v) is 4.33. The second-order valence-corrected chi connectivity index (χ2v) is 6.12. The molecule has 2 aromatic rings. The van der Waals surface area contributed by atoms with Crippen molar-refractivity contribution in [2.24, 2.45) is 0 Å². The van der Waals surface area contributed by atoms with Gasteiger partial charge in [0.05, 0.1) is 6.04 Å². The molecule has 0 aliphatic carbocycles. The molecule has 2 N–H and O–H groups in total. The molecule has 136 valence electrons. The molecule has 0 spiro atoms. The fraction of sp³-hybridized carbons (Fsp3) is 0.316. The highest BCUT2D eigenvalue weighted by Crippen LogP contribution is 2.19. The highest BCUT2D eigenvalue weighted by Gasteiger charge is 2.16. The summed E-state index contributed by atoms with van der Waals surface area (Å²) in [6, 6.07) is 4.46. The van der Waals surface area contributed by atoms with Crippen molar-refractivity contribution in [3.8, 4) is 6.07 Å². The number of aromatic nitrogens is 1. The minimum Gasteiger partial charge on any atom is -0.349 e. The van der Waals surface area contributed by atoms with Crippen molar-refractivity contribution in [3.05, 3.63) is 68.1 Å². The summed E-state index contributed by atoms with van der Waals surface area (Å²) < 4.78 is 26.7. The lowest BCUT2D eigenvalue weighted by Gasteiger charge is -2.16. The van der Waals surface area contributed by atoms with Gasteiger partial charge in [-0.3, -0.25) is 9.59 Å². The van der Waals surface area contributed by atoms with Gasteiger partial charge in [0, 0.05) is 23.7 Å². The van der Waals surface area contributed by atoms with Gasteiger partial charge in [-0.25, -0.2) is 8.78 Å². The van der Waals surface area contributed by atoms with Crippen LogP contribution in [0.4, 0.5) is 8.78 Å². The Balaban J connectivity index is 2.08. The van der Waals surface area contributed by atoms with Gasteiger partial charge in [-0.05, 0) is 44.4 Å². The lowest BCUT2D eigenvalue weighted by Crippen LogP contribution is -2.28. The number of amides is 1. The zero-order chi connectivity index (χ0) is 19.4. The Morgan fingerprint density at radius 1 is 1.35 bits per heavy atom. The van der Waals surface area contributed by atoms with E-state index in [1.165, 1.54) is 6.07 Å². The van der Waals surface area contributed by atoms with Gasteiger partial charge in [0.1, 0.15) is 23.3 Å². The monoisotopic (exact) mass is 359 g/mol. The van der Waals surface area contributed by atoms with Crippen molar-refractivity contribution >= 4 is 5.91 Å². The second kappa shape index (κ2) is 7.91. The molecule has 1 amide bonds. The number of H-pyrrole nitrogens is 1. The van der Waals surface area contributed by atoms with E-state index in [4.69, 9.17) is 5.26 Å². The van der Waals surface area contributed by atoms with Gasteiger partial charge in [-0.15, -0.1) is 0 Å². The fourth-order valence-corrected chi connectivity index (χ4v) is 2.90. The number of benzene rings is 1. The quantitative estimate of drug-likeness (QED) is 0.861. The predicted octanol–water partition coefficient (Wildman–Crippen LogP) is 2.95. The van der Waals surface area contributed by atoms with Crippen LogP contribution >= 0.6 is 0 Å². The maximum Gasteiger partial charge on any atom is 0.266 e. The van der Waals surface area contributed by atoms with Crippen molar-refractivity contribution < 1.29 is 13.6 Å². The smallest absolute Gasteiger partial charge is 0.266 e. The molecule has 0 saturated heterocycles. The highest BCUT2D eigenvalue weighted by atomic mass is 19.1. The lowest BCUT2D eigenvalue weighted by atomic mass is 9.99. The number of aromatic amines is 1. The Bertz CT molecular complexity index is 945. The Kier molecular flexibility index (Phi) is 5.88. The number of halogens is 2. The standard InChI is InChI=1S/C19H19F2N3O2/c1-10-14(11(2)24-19(26)16(10)9-22)6-7-18(25)23-12(3)15-5-4-13(20)8-17(15)21/h4-5,8,12H,6-7H2,1-3H3,(H,23,25)(H,24,26). The summed E-state index contributed by atoms with van der Waals surface area (Å²) in [5.41, 5.74) is 1.68. The SMILES string of the molecule is Cc1[nH]c(=O)c(C#N)c(C)c1CCC(=O)NC(C)c1ccc(F)cc1F. The van der Waals surface area contributed by atoms with Crippen molar-refractivity contribution in [2.45, 2.75) is 39.7 Å². The molecule has 0 saturated carbocycles. The Morgan fingerprint density at radius 3 is 2.65 bits per heavy atom. The number of hydrogen-bond acceptors (Lipinski definition) is 3. The molecule has 0 fully saturated rings. The van der Waals surface area contributed by atoms with Crippen molar-refractivity contribution in [1.82, 2.24) is 10.3 Å². The van der Waals surface area contributed by atoms with Crippen LogP contribution in [0.1, 0.15) is 47.3 Å². The molecule has 1 heterocycles. The molecule has 1 unspecified atom stereocenters. The summed E-state index contributed by atoms with van der Waals surface area (Å²) in [5, 5.41) is 11.7. The number of pyridine rings is 1.